The minimum atomic E-state index is -0.314. The van der Waals surface area contributed by atoms with E-state index in [1.165, 1.54) is 11.6 Å². The molecule has 0 radical (unpaired) electrons. The normalized spacial score (nSPS) is 14.8. The van der Waals surface area contributed by atoms with Gasteiger partial charge in [-0.3, -0.25) is 0 Å². The first-order valence-corrected chi connectivity index (χ1v) is 6.27. The molecule has 0 unspecified atom stereocenters. The van der Waals surface area contributed by atoms with Gasteiger partial charge in [0.1, 0.15) is 5.82 Å². The Labute approximate surface area is 111 Å². The highest BCUT2D eigenvalue weighted by molar-refractivity contribution is 5.54. The van der Waals surface area contributed by atoms with Gasteiger partial charge in [-0.25, -0.2) is 4.39 Å². The van der Waals surface area contributed by atoms with Crippen LogP contribution in [0.3, 0.4) is 0 Å². The molecule has 2 aromatic carbocycles. The minimum Gasteiger partial charge on any atom is -0.368 e. The van der Waals surface area contributed by atoms with E-state index in [-0.39, 0.29) is 5.82 Å². The van der Waals surface area contributed by atoms with E-state index in [1.54, 1.807) is 12.1 Å². The summed E-state index contributed by atoms with van der Waals surface area (Å²) in [5.74, 6) is 0.154. The van der Waals surface area contributed by atoms with E-state index in [9.17, 15) is 4.39 Å². The minimum absolute atomic E-state index is 0.314. The molecule has 1 aliphatic rings. The van der Waals surface area contributed by atoms with Gasteiger partial charge >= 0.3 is 0 Å². The van der Waals surface area contributed by atoms with Crippen LogP contribution < -0.4 is 4.90 Å². The Balaban J connectivity index is 1.73. The van der Waals surface area contributed by atoms with Crippen LogP contribution in [0.15, 0.2) is 48.5 Å². The summed E-state index contributed by atoms with van der Waals surface area (Å²) in [5.41, 5.74) is 2.25. The third kappa shape index (κ3) is 2.17. The molecule has 3 heteroatoms. The SMILES string of the molecule is N#Cc1ccc(N2CC(c3ccccc3)C2)c(F)c1. The molecule has 0 amide bonds. The molecule has 2 nitrogen and oxygen atoms in total. The first-order chi connectivity index (χ1) is 9.28. The van der Waals surface area contributed by atoms with Gasteiger partial charge in [0.05, 0.1) is 17.3 Å². The summed E-state index contributed by atoms with van der Waals surface area (Å²) >= 11 is 0. The van der Waals surface area contributed by atoms with Crippen molar-refractivity contribution in [2.75, 3.05) is 18.0 Å². The maximum atomic E-state index is 13.8. The van der Waals surface area contributed by atoms with E-state index in [1.807, 2.05) is 29.2 Å². The number of hydrogen-bond acceptors (Lipinski definition) is 2. The molecule has 1 fully saturated rings. The summed E-state index contributed by atoms with van der Waals surface area (Å²) in [6, 6.07) is 16.9. The van der Waals surface area contributed by atoms with Crippen molar-refractivity contribution >= 4 is 5.69 Å². The molecule has 2 aromatic rings. The third-order valence-electron chi connectivity index (χ3n) is 3.57. The van der Waals surface area contributed by atoms with E-state index in [0.29, 0.717) is 17.2 Å². The maximum Gasteiger partial charge on any atom is 0.147 e. The van der Waals surface area contributed by atoms with E-state index in [4.69, 9.17) is 5.26 Å². The summed E-state index contributed by atoms with van der Waals surface area (Å²) in [6.45, 7) is 1.65. The van der Waals surface area contributed by atoms with Crippen LogP contribution in [0, 0.1) is 17.1 Å². The van der Waals surface area contributed by atoms with Crippen molar-refractivity contribution in [1.82, 2.24) is 0 Å². The molecule has 0 aromatic heterocycles. The first-order valence-electron chi connectivity index (χ1n) is 6.27. The second-order valence-corrected chi connectivity index (χ2v) is 4.79. The smallest absolute Gasteiger partial charge is 0.147 e. The highest BCUT2D eigenvalue weighted by atomic mass is 19.1. The topological polar surface area (TPSA) is 27.0 Å². The lowest BCUT2D eigenvalue weighted by molar-refractivity contribution is 0.509. The molecule has 1 saturated heterocycles. The zero-order chi connectivity index (χ0) is 13.2. The van der Waals surface area contributed by atoms with Gasteiger partial charge in [0.2, 0.25) is 0 Å². The van der Waals surface area contributed by atoms with Crippen molar-refractivity contribution in [1.29, 1.82) is 5.26 Å². The van der Waals surface area contributed by atoms with Crippen molar-refractivity contribution in [3.63, 3.8) is 0 Å². The summed E-state index contributed by atoms with van der Waals surface area (Å²) < 4.78 is 13.8. The highest BCUT2D eigenvalue weighted by Gasteiger charge is 2.29. The lowest BCUT2D eigenvalue weighted by Gasteiger charge is -2.41. The molecule has 1 heterocycles. The van der Waals surface area contributed by atoms with Crippen molar-refractivity contribution in [2.24, 2.45) is 0 Å². The molecule has 0 N–H and O–H groups in total. The average molecular weight is 252 g/mol. The van der Waals surface area contributed by atoms with Crippen LogP contribution in [0.4, 0.5) is 10.1 Å². The van der Waals surface area contributed by atoms with Crippen LogP contribution in [0.2, 0.25) is 0 Å². The quantitative estimate of drug-likeness (QED) is 0.820. The molecule has 19 heavy (non-hydrogen) atoms. The van der Waals surface area contributed by atoms with Gasteiger partial charge in [-0.1, -0.05) is 30.3 Å². The fourth-order valence-corrected chi connectivity index (χ4v) is 2.44. The Morgan fingerprint density at radius 3 is 2.47 bits per heavy atom. The van der Waals surface area contributed by atoms with Crippen molar-refractivity contribution in [2.45, 2.75) is 5.92 Å². The fourth-order valence-electron chi connectivity index (χ4n) is 2.44. The molecule has 0 aliphatic carbocycles. The average Bonchev–Trinajstić information content (AvgIpc) is 2.40. The van der Waals surface area contributed by atoms with Crippen LogP contribution in [0.1, 0.15) is 17.0 Å². The second kappa shape index (κ2) is 4.74. The fraction of sp³-hybridized carbons (Fsp3) is 0.188. The van der Waals surface area contributed by atoms with Gasteiger partial charge in [0.25, 0.3) is 0 Å². The lowest BCUT2D eigenvalue weighted by Crippen LogP contribution is -2.45. The number of anilines is 1. The Hall–Kier alpha value is -2.34. The van der Waals surface area contributed by atoms with E-state index in [2.05, 4.69) is 12.1 Å². The molecule has 0 atom stereocenters. The Morgan fingerprint density at radius 1 is 1.11 bits per heavy atom. The van der Waals surface area contributed by atoms with Gasteiger partial charge in [0, 0.05) is 19.0 Å². The highest BCUT2D eigenvalue weighted by Crippen LogP contribution is 2.33. The van der Waals surface area contributed by atoms with Gasteiger partial charge in [-0.2, -0.15) is 5.26 Å². The van der Waals surface area contributed by atoms with E-state index < -0.39 is 0 Å². The van der Waals surface area contributed by atoms with Crippen LogP contribution in [0.25, 0.3) is 0 Å². The van der Waals surface area contributed by atoms with Crippen LogP contribution in [-0.4, -0.2) is 13.1 Å². The second-order valence-electron chi connectivity index (χ2n) is 4.79. The third-order valence-corrected chi connectivity index (χ3v) is 3.57. The number of nitrogens with zero attached hydrogens (tertiary/aromatic N) is 2. The van der Waals surface area contributed by atoms with Gasteiger partial charge in [-0.05, 0) is 23.8 Å². The van der Waals surface area contributed by atoms with Crippen molar-refractivity contribution in [3.8, 4) is 6.07 Å². The molecule has 3 rings (SSSR count). The first kappa shape index (κ1) is 11.7. The van der Waals surface area contributed by atoms with Crippen molar-refractivity contribution < 1.29 is 4.39 Å². The van der Waals surface area contributed by atoms with Gasteiger partial charge in [0.15, 0.2) is 0 Å². The summed E-state index contributed by atoms with van der Waals surface area (Å²) in [4.78, 5) is 2.01. The number of hydrogen-bond donors (Lipinski definition) is 0. The van der Waals surface area contributed by atoms with E-state index in [0.717, 1.165) is 13.1 Å². The Bertz CT molecular complexity index is 625. The summed E-state index contributed by atoms with van der Waals surface area (Å²) in [6.07, 6.45) is 0. The van der Waals surface area contributed by atoms with Crippen LogP contribution in [0.5, 0.6) is 0 Å². The number of rotatable bonds is 2. The van der Waals surface area contributed by atoms with Crippen LogP contribution >= 0.6 is 0 Å². The largest absolute Gasteiger partial charge is 0.368 e. The zero-order valence-electron chi connectivity index (χ0n) is 10.4. The van der Waals surface area contributed by atoms with Crippen LogP contribution in [-0.2, 0) is 0 Å². The molecule has 1 aliphatic heterocycles. The molecule has 94 valence electrons. The molecule has 0 saturated carbocycles. The number of nitriles is 1. The molecule has 0 spiro atoms. The predicted molar refractivity (Wildman–Crippen MR) is 72.5 cm³/mol. The lowest BCUT2D eigenvalue weighted by atomic mass is 9.91. The Morgan fingerprint density at radius 2 is 1.84 bits per heavy atom. The molecule has 0 bridgehead atoms. The monoisotopic (exact) mass is 252 g/mol. The molecular formula is C16H13FN2. The van der Waals surface area contributed by atoms with E-state index >= 15 is 0 Å². The number of benzene rings is 2. The zero-order valence-corrected chi connectivity index (χ0v) is 10.4. The standard InChI is InChI=1S/C16H13FN2/c17-15-8-12(9-18)6-7-16(15)19-10-14(11-19)13-4-2-1-3-5-13/h1-8,14H,10-11H2. The summed E-state index contributed by atoms with van der Waals surface area (Å²) in [5, 5.41) is 8.72. The summed E-state index contributed by atoms with van der Waals surface area (Å²) in [7, 11) is 0. The van der Waals surface area contributed by atoms with Gasteiger partial charge < -0.3 is 4.90 Å². The maximum absolute atomic E-state index is 13.8. The van der Waals surface area contributed by atoms with Crippen molar-refractivity contribution in [3.05, 3.63) is 65.5 Å². The molecular weight excluding hydrogens is 239 g/mol. The number of halogens is 1. The predicted octanol–water partition coefficient (Wildman–Crippen LogP) is 3.30. The Kier molecular flexibility index (Phi) is 2.92. The van der Waals surface area contributed by atoms with Gasteiger partial charge in [-0.15, -0.1) is 0 Å².